The van der Waals surface area contributed by atoms with Crippen LogP contribution in [0.2, 0.25) is 0 Å². The van der Waals surface area contributed by atoms with E-state index in [1.54, 1.807) is 0 Å². The predicted octanol–water partition coefficient (Wildman–Crippen LogP) is 6.45. The van der Waals surface area contributed by atoms with E-state index in [1.165, 1.54) is 44.0 Å². The van der Waals surface area contributed by atoms with E-state index in [0.29, 0.717) is 0 Å². The van der Waals surface area contributed by atoms with Crippen LogP contribution in [-0.4, -0.2) is 29.0 Å². The van der Waals surface area contributed by atoms with E-state index in [1.807, 2.05) is 0 Å². The van der Waals surface area contributed by atoms with E-state index in [-0.39, 0.29) is 18.3 Å². The van der Waals surface area contributed by atoms with Gasteiger partial charge in [-0.05, 0) is 65.3 Å². The normalized spacial score (nSPS) is 20.3. The molecule has 0 aliphatic carbocycles. The molecule has 0 amide bonds. The van der Waals surface area contributed by atoms with Gasteiger partial charge >= 0.3 is 7.12 Å². The molecule has 0 aromatic carbocycles. The highest BCUT2D eigenvalue weighted by Crippen LogP contribution is 2.39. The summed E-state index contributed by atoms with van der Waals surface area (Å²) in [5, 5.41) is 2.20. The average molecular weight is 452 g/mol. The van der Waals surface area contributed by atoms with Crippen LogP contribution in [0.5, 0.6) is 0 Å². The van der Waals surface area contributed by atoms with Crippen molar-refractivity contribution in [3.63, 3.8) is 0 Å². The van der Waals surface area contributed by atoms with Gasteiger partial charge in [0.1, 0.15) is 0 Å². The zero-order valence-electron chi connectivity index (χ0n) is 15.3. The molecule has 23 heavy (non-hydrogen) atoms. The topological polar surface area (TPSA) is 18.5 Å². The zero-order valence-corrected chi connectivity index (χ0v) is 18.5. The van der Waals surface area contributed by atoms with Gasteiger partial charge in [-0.25, -0.2) is 0 Å². The Morgan fingerprint density at radius 2 is 1.35 bits per heavy atom. The second-order valence-electron chi connectivity index (χ2n) is 7.41. The number of hydrogen-bond acceptors (Lipinski definition) is 2. The molecule has 1 fully saturated rings. The molecule has 1 aliphatic heterocycles. The fourth-order valence-electron chi connectivity index (χ4n) is 2.61. The fraction of sp³-hybridized carbons (Fsp3) is 0.889. The first-order valence-electron chi connectivity index (χ1n) is 9.00. The SMILES string of the molecule is CC1(C)OB(C(=CCCCCCBr)CCCCCBr)OC1(C)C. The molecule has 5 heteroatoms. The largest absolute Gasteiger partial charge is 0.490 e. The maximum atomic E-state index is 6.25. The van der Waals surface area contributed by atoms with Gasteiger partial charge in [-0.3, -0.25) is 0 Å². The van der Waals surface area contributed by atoms with Crippen molar-refractivity contribution in [3.8, 4) is 0 Å². The Hall–Kier alpha value is 0.685. The van der Waals surface area contributed by atoms with Crippen LogP contribution in [0, 0.1) is 0 Å². The minimum absolute atomic E-state index is 0.167. The molecule has 0 N–H and O–H groups in total. The van der Waals surface area contributed by atoms with Crippen LogP contribution in [0.3, 0.4) is 0 Å². The van der Waals surface area contributed by atoms with Crippen molar-refractivity contribution in [3.05, 3.63) is 11.5 Å². The van der Waals surface area contributed by atoms with Gasteiger partial charge in [-0.2, -0.15) is 0 Å². The summed E-state index contributed by atoms with van der Waals surface area (Å²) in [6.07, 6.45) is 12.1. The molecule has 1 saturated heterocycles. The summed E-state index contributed by atoms with van der Waals surface area (Å²) in [5.41, 5.74) is 0.850. The van der Waals surface area contributed by atoms with Crippen molar-refractivity contribution in [2.45, 2.75) is 90.3 Å². The summed E-state index contributed by atoms with van der Waals surface area (Å²) in [7, 11) is -0.167. The Morgan fingerprint density at radius 3 is 1.87 bits per heavy atom. The van der Waals surface area contributed by atoms with Gasteiger partial charge in [-0.1, -0.05) is 57.2 Å². The lowest BCUT2D eigenvalue weighted by Gasteiger charge is -2.32. The molecule has 0 aromatic heterocycles. The van der Waals surface area contributed by atoms with Crippen LogP contribution < -0.4 is 0 Å². The number of hydrogen-bond donors (Lipinski definition) is 0. The van der Waals surface area contributed by atoms with Crippen molar-refractivity contribution >= 4 is 39.0 Å². The second kappa shape index (κ2) is 10.6. The minimum atomic E-state index is -0.247. The Morgan fingerprint density at radius 1 is 0.826 bits per heavy atom. The molecule has 0 bridgehead atoms. The first-order valence-corrected chi connectivity index (χ1v) is 11.2. The number of rotatable bonds is 11. The summed E-state index contributed by atoms with van der Waals surface area (Å²) in [6, 6.07) is 0. The molecule has 0 saturated carbocycles. The molecule has 0 unspecified atom stereocenters. The molecule has 2 nitrogen and oxygen atoms in total. The fourth-order valence-corrected chi connectivity index (χ4v) is 3.41. The average Bonchev–Trinajstić information content (AvgIpc) is 2.69. The van der Waals surface area contributed by atoms with E-state index in [2.05, 4.69) is 65.6 Å². The third kappa shape index (κ3) is 7.21. The number of unbranched alkanes of at least 4 members (excludes halogenated alkanes) is 5. The van der Waals surface area contributed by atoms with Gasteiger partial charge < -0.3 is 9.31 Å². The van der Waals surface area contributed by atoms with Gasteiger partial charge in [0.15, 0.2) is 0 Å². The Kier molecular flexibility index (Phi) is 10.0. The molecular weight excluding hydrogens is 419 g/mol. The smallest absolute Gasteiger partial charge is 0.400 e. The van der Waals surface area contributed by atoms with E-state index < -0.39 is 0 Å². The van der Waals surface area contributed by atoms with Gasteiger partial charge in [-0.15, -0.1) is 0 Å². The minimum Gasteiger partial charge on any atom is -0.400 e. The third-order valence-corrected chi connectivity index (χ3v) is 6.02. The van der Waals surface area contributed by atoms with E-state index >= 15 is 0 Å². The van der Waals surface area contributed by atoms with Gasteiger partial charge in [0.05, 0.1) is 11.2 Å². The highest BCUT2D eigenvalue weighted by atomic mass is 79.9. The highest BCUT2D eigenvalue weighted by molar-refractivity contribution is 9.09. The van der Waals surface area contributed by atoms with Crippen LogP contribution in [0.25, 0.3) is 0 Å². The van der Waals surface area contributed by atoms with Crippen LogP contribution in [-0.2, 0) is 9.31 Å². The monoisotopic (exact) mass is 450 g/mol. The summed E-state index contributed by atoms with van der Waals surface area (Å²) in [5.74, 6) is 0. The van der Waals surface area contributed by atoms with Gasteiger partial charge in [0.2, 0.25) is 0 Å². The maximum absolute atomic E-state index is 6.25. The maximum Gasteiger partial charge on any atom is 0.490 e. The summed E-state index contributed by atoms with van der Waals surface area (Å²) in [6.45, 7) is 8.52. The van der Waals surface area contributed by atoms with Crippen molar-refractivity contribution in [2.75, 3.05) is 10.7 Å². The Balaban J connectivity index is 2.61. The lowest BCUT2D eigenvalue weighted by molar-refractivity contribution is 0.00578. The standard InChI is InChI=1S/C18H33BBr2O2/c1-17(2)18(3,4)23-19(22-17)16(13-9-7-11-15-21)12-8-5-6-10-14-20/h12H,5-11,13-15H2,1-4H3. The van der Waals surface area contributed by atoms with Gasteiger partial charge in [0.25, 0.3) is 0 Å². The van der Waals surface area contributed by atoms with Crippen LogP contribution >= 0.6 is 31.9 Å². The highest BCUT2D eigenvalue weighted by Gasteiger charge is 2.52. The Bertz CT molecular complexity index is 354. The second-order valence-corrected chi connectivity index (χ2v) is 8.99. The number of allylic oxidation sites excluding steroid dienone is 2. The molecule has 1 rings (SSSR count). The van der Waals surface area contributed by atoms with Crippen LogP contribution in [0.15, 0.2) is 11.5 Å². The van der Waals surface area contributed by atoms with E-state index in [4.69, 9.17) is 9.31 Å². The first kappa shape index (κ1) is 21.7. The molecule has 1 aliphatic rings. The van der Waals surface area contributed by atoms with Gasteiger partial charge in [0, 0.05) is 10.7 Å². The van der Waals surface area contributed by atoms with E-state index in [0.717, 1.165) is 23.5 Å². The molecule has 0 aromatic rings. The van der Waals surface area contributed by atoms with Crippen molar-refractivity contribution in [1.82, 2.24) is 0 Å². The molecular formula is C18H33BBr2O2. The molecule has 0 spiro atoms. The Labute approximate surface area is 160 Å². The lowest BCUT2D eigenvalue weighted by atomic mass is 9.74. The van der Waals surface area contributed by atoms with Crippen molar-refractivity contribution in [1.29, 1.82) is 0 Å². The summed E-state index contributed by atoms with van der Waals surface area (Å²) >= 11 is 7.01. The quantitative estimate of drug-likeness (QED) is 0.204. The first-order chi connectivity index (χ1) is 10.8. The lowest BCUT2D eigenvalue weighted by Crippen LogP contribution is -2.41. The predicted molar refractivity (Wildman–Crippen MR) is 109 cm³/mol. The number of halogens is 2. The van der Waals surface area contributed by atoms with Crippen LogP contribution in [0.4, 0.5) is 0 Å². The summed E-state index contributed by atoms with van der Waals surface area (Å²) in [4.78, 5) is 0. The molecule has 0 atom stereocenters. The third-order valence-electron chi connectivity index (χ3n) is 4.90. The number of alkyl halides is 2. The van der Waals surface area contributed by atoms with Crippen molar-refractivity contribution < 1.29 is 9.31 Å². The van der Waals surface area contributed by atoms with Crippen molar-refractivity contribution in [2.24, 2.45) is 0 Å². The van der Waals surface area contributed by atoms with Crippen LogP contribution in [0.1, 0.15) is 79.1 Å². The van der Waals surface area contributed by atoms with E-state index in [9.17, 15) is 0 Å². The zero-order chi connectivity index (χ0) is 17.3. The molecule has 0 radical (unpaired) electrons. The summed E-state index contributed by atoms with van der Waals surface area (Å²) < 4.78 is 12.5. The molecule has 1 heterocycles. The molecule has 134 valence electrons.